The molecule has 0 fully saturated rings. The maximum Gasteiger partial charge on any atom is 0.255 e. The maximum absolute atomic E-state index is 13.7. The van der Waals surface area contributed by atoms with Crippen LogP contribution in [0.4, 0.5) is 14.5 Å². The highest BCUT2D eigenvalue weighted by Gasteiger charge is 2.16. The Morgan fingerprint density at radius 3 is 2.33 bits per heavy atom. The Kier molecular flexibility index (Phi) is 6.91. The first-order chi connectivity index (χ1) is 14.3. The van der Waals surface area contributed by atoms with Gasteiger partial charge in [-0.1, -0.05) is 34.1 Å². The molecule has 0 aliphatic heterocycles. The highest BCUT2D eigenvalue weighted by Crippen LogP contribution is 2.18. The van der Waals surface area contributed by atoms with E-state index in [4.69, 9.17) is 0 Å². The van der Waals surface area contributed by atoms with Crippen LogP contribution in [0, 0.1) is 11.6 Å². The van der Waals surface area contributed by atoms with E-state index in [0.717, 1.165) is 16.6 Å². The van der Waals surface area contributed by atoms with Gasteiger partial charge in [0.2, 0.25) is 0 Å². The minimum atomic E-state index is -1.34. The van der Waals surface area contributed by atoms with Gasteiger partial charge in [-0.05, 0) is 42.5 Å². The summed E-state index contributed by atoms with van der Waals surface area (Å²) in [5.41, 5.74) is 0.988. The maximum atomic E-state index is 13.7. The van der Waals surface area contributed by atoms with Crippen molar-refractivity contribution in [2.24, 2.45) is 0 Å². The average molecular weight is 475 g/mol. The molecule has 1 atom stereocenters. The molecule has 0 saturated heterocycles. The van der Waals surface area contributed by atoms with E-state index in [1.807, 2.05) is 0 Å². The summed E-state index contributed by atoms with van der Waals surface area (Å²) < 4.78 is 27.5. The number of rotatable bonds is 6. The number of benzene rings is 3. The van der Waals surface area contributed by atoms with Crippen LogP contribution in [0.1, 0.15) is 32.4 Å². The summed E-state index contributed by atoms with van der Waals surface area (Å²) in [6.45, 7) is -0.268. The van der Waals surface area contributed by atoms with Gasteiger partial charge in [-0.2, -0.15) is 0 Å². The van der Waals surface area contributed by atoms with Crippen molar-refractivity contribution in [1.29, 1.82) is 0 Å². The third-order valence-corrected chi connectivity index (χ3v) is 4.74. The Balaban J connectivity index is 1.63. The summed E-state index contributed by atoms with van der Waals surface area (Å²) in [5.74, 6) is -2.51. The number of aliphatic hydroxyl groups is 1. The molecule has 30 heavy (non-hydrogen) atoms. The van der Waals surface area contributed by atoms with E-state index in [9.17, 15) is 23.5 Å². The number of amides is 2. The number of halogens is 3. The molecule has 0 radical (unpaired) electrons. The SMILES string of the molecule is O=C(NCC(O)c1ccc(F)cc1F)c1cccc(NC(=O)c2cccc(Br)c2)c1. The molecule has 3 rings (SSSR count). The fourth-order valence-electron chi connectivity index (χ4n) is 2.74. The molecule has 0 aromatic heterocycles. The number of hydrogen-bond acceptors (Lipinski definition) is 3. The molecule has 154 valence electrons. The second kappa shape index (κ2) is 9.60. The number of carbonyl (C=O) groups is 2. The predicted octanol–water partition coefficient (Wildman–Crippen LogP) is 4.44. The van der Waals surface area contributed by atoms with E-state index in [-0.39, 0.29) is 23.6 Å². The fraction of sp³-hybridized carbons (Fsp3) is 0.0909. The van der Waals surface area contributed by atoms with Gasteiger partial charge in [-0.3, -0.25) is 9.59 Å². The minimum Gasteiger partial charge on any atom is -0.386 e. The number of anilines is 1. The average Bonchev–Trinajstić information content (AvgIpc) is 2.72. The molecular weight excluding hydrogens is 458 g/mol. The first-order valence-electron chi connectivity index (χ1n) is 8.91. The van der Waals surface area contributed by atoms with E-state index in [0.29, 0.717) is 17.3 Å². The van der Waals surface area contributed by atoms with Crippen LogP contribution in [0.15, 0.2) is 71.2 Å². The Labute approximate surface area is 179 Å². The summed E-state index contributed by atoms with van der Waals surface area (Å²) in [7, 11) is 0. The summed E-state index contributed by atoms with van der Waals surface area (Å²) in [6.07, 6.45) is -1.34. The van der Waals surface area contributed by atoms with Crippen molar-refractivity contribution < 1.29 is 23.5 Å². The first-order valence-corrected chi connectivity index (χ1v) is 9.71. The summed E-state index contributed by atoms with van der Waals surface area (Å²) in [4.78, 5) is 24.7. The van der Waals surface area contributed by atoms with E-state index in [1.54, 1.807) is 36.4 Å². The van der Waals surface area contributed by atoms with E-state index in [1.165, 1.54) is 12.1 Å². The fourth-order valence-corrected chi connectivity index (χ4v) is 3.14. The lowest BCUT2D eigenvalue weighted by Crippen LogP contribution is -2.28. The van der Waals surface area contributed by atoms with Gasteiger partial charge >= 0.3 is 0 Å². The smallest absolute Gasteiger partial charge is 0.255 e. The van der Waals surface area contributed by atoms with Gasteiger partial charge in [0.1, 0.15) is 11.6 Å². The molecule has 0 aliphatic carbocycles. The van der Waals surface area contributed by atoms with Crippen molar-refractivity contribution in [3.8, 4) is 0 Å². The number of carbonyl (C=O) groups excluding carboxylic acids is 2. The van der Waals surface area contributed by atoms with Crippen LogP contribution in [0.2, 0.25) is 0 Å². The molecule has 8 heteroatoms. The van der Waals surface area contributed by atoms with Gasteiger partial charge in [0.05, 0.1) is 6.10 Å². The molecular formula is C22H17BrF2N2O3. The Bertz CT molecular complexity index is 1090. The number of aliphatic hydroxyl groups excluding tert-OH is 1. The van der Waals surface area contributed by atoms with Crippen LogP contribution in [-0.4, -0.2) is 23.5 Å². The van der Waals surface area contributed by atoms with Crippen LogP contribution < -0.4 is 10.6 Å². The topological polar surface area (TPSA) is 78.4 Å². The summed E-state index contributed by atoms with van der Waals surface area (Å²) in [6, 6.07) is 15.9. The zero-order chi connectivity index (χ0) is 21.7. The van der Waals surface area contributed by atoms with Gasteiger partial charge < -0.3 is 15.7 Å². The highest BCUT2D eigenvalue weighted by molar-refractivity contribution is 9.10. The zero-order valence-corrected chi connectivity index (χ0v) is 17.1. The highest BCUT2D eigenvalue weighted by atomic mass is 79.9. The van der Waals surface area contributed by atoms with Gasteiger partial charge in [0, 0.05) is 39.5 Å². The standard InChI is InChI=1S/C22H17BrF2N2O3/c23-15-5-1-3-13(9-15)22(30)27-17-6-2-4-14(10-17)21(29)26-12-20(28)18-8-7-16(24)11-19(18)25/h1-11,20,28H,12H2,(H,26,29)(H,27,30). The molecule has 3 aromatic rings. The third-order valence-electron chi connectivity index (χ3n) is 4.25. The van der Waals surface area contributed by atoms with Crippen LogP contribution in [-0.2, 0) is 0 Å². The number of nitrogens with one attached hydrogen (secondary N) is 2. The Morgan fingerprint density at radius 2 is 1.63 bits per heavy atom. The van der Waals surface area contributed by atoms with Crippen molar-refractivity contribution in [1.82, 2.24) is 5.32 Å². The molecule has 0 aliphatic rings. The summed E-state index contributed by atoms with van der Waals surface area (Å²) >= 11 is 3.30. The van der Waals surface area contributed by atoms with Crippen LogP contribution >= 0.6 is 15.9 Å². The lowest BCUT2D eigenvalue weighted by Gasteiger charge is -2.14. The quantitative estimate of drug-likeness (QED) is 0.493. The molecule has 0 spiro atoms. The van der Waals surface area contributed by atoms with Gasteiger partial charge in [0.25, 0.3) is 11.8 Å². The van der Waals surface area contributed by atoms with Gasteiger partial charge in [0.15, 0.2) is 0 Å². The number of hydrogen-bond donors (Lipinski definition) is 3. The van der Waals surface area contributed by atoms with Crippen molar-refractivity contribution in [2.75, 3.05) is 11.9 Å². The molecule has 3 aromatic carbocycles. The van der Waals surface area contributed by atoms with E-state index in [2.05, 4.69) is 26.6 Å². The normalized spacial score (nSPS) is 11.6. The predicted molar refractivity (Wildman–Crippen MR) is 112 cm³/mol. The van der Waals surface area contributed by atoms with Gasteiger partial charge in [-0.15, -0.1) is 0 Å². The third kappa shape index (κ3) is 5.49. The van der Waals surface area contributed by atoms with Crippen molar-refractivity contribution >= 4 is 33.4 Å². The lowest BCUT2D eigenvalue weighted by molar-refractivity contribution is 0.0913. The molecule has 3 N–H and O–H groups in total. The molecule has 1 unspecified atom stereocenters. The Morgan fingerprint density at radius 1 is 0.933 bits per heavy atom. The first kappa shape index (κ1) is 21.6. The molecule has 0 heterocycles. The van der Waals surface area contributed by atoms with Crippen LogP contribution in [0.25, 0.3) is 0 Å². The molecule has 5 nitrogen and oxygen atoms in total. The van der Waals surface area contributed by atoms with Crippen LogP contribution in [0.3, 0.4) is 0 Å². The van der Waals surface area contributed by atoms with Crippen molar-refractivity contribution in [3.05, 3.63) is 99.5 Å². The molecule has 2 amide bonds. The van der Waals surface area contributed by atoms with E-state index >= 15 is 0 Å². The second-order valence-corrected chi connectivity index (χ2v) is 7.35. The van der Waals surface area contributed by atoms with Crippen LogP contribution in [0.5, 0.6) is 0 Å². The van der Waals surface area contributed by atoms with E-state index < -0.39 is 23.6 Å². The monoisotopic (exact) mass is 474 g/mol. The minimum absolute atomic E-state index is 0.119. The Hall–Kier alpha value is -3.10. The van der Waals surface area contributed by atoms with Crippen molar-refractivity contribution in [3.63, 3.8) is 0 Å². The van der Waals surface area contributed by atoms with Crippen molar-refractivity contribution in [2.45, 2.75) is 6.10 Å². The lowest BCUT2D eigenvalue weighted by atomic mass is 10.1. The molecule has 0 saturated carbocycles. The second-order valence-electron chi connectivity index (χ2n) is 6.44. The summed E-state index contributed by atoms with van der Waals surface area (Å²) in [5, 5.41) is 15.3. The molecule has 0 bridgehead atoms. The largest absolute Gasteiger partial charge is 0.386 e. The zero-order valence-electron chi connectivity index (χ0n) is 15.5. The van der Waals surface area contributed by atoms with Gasteiger partial charge in [-0.25, -0.2) is 8.78 Å².